The second-order valence-electron chi connectivity index (χ2n) is 6.71. The Morgan fingerprint density at radius 1 is 1.14 bits per heavy atom. The standard InChI is InChI=1S/C20H29NO/c1-15(17(3)19(21)22)11-8-6-7-9-13-18-16(2)12-10-14-20(18,4)5/h6-9,11,13H,10,12,14H2,1-5H3,(H2,21,22). The van der Waals surface area contributed by atoms with E-state index in [0.717, 1.165) is 5.57 Å². The minimum absolute atomic E-state index is 0.278. The molecule has 0 spiro atoms. The molecular weight excluding hydrogens is 270 g/mol. The molecular formula is C20H29NO. The zero-order valence-electron chi connectivity index (χ0n) is 14.6. The molecule has 0 aromatic rings. The van der Waals surface area contributed by atoms with Gasteiger partial charge in [-0.2, -0.15) is 0 Å². The highest BCUT2D eigenvalue weighted by Crippen LogP contribution is 2.40. The number of hydrogen-bond acceptors (Lipinski definition) is 1. The van der Waals surface area contributed by atoms with Gasteiger partial charge >= 0.3 is 0 Å². The summed E-state index contributed by atoms with van der Waals surface area (Å²) in [6.45, 7) is 10.5. The lowest BCUT2D eigenvalue weighted by Gasteiger charge is -2.32. The molecule has 1 rings (SSSR count). The Hall–Kier alpha value is -1.83. The molecule has 0 fully saturated rings. The second kappa shape index (κ2) is 7.98. The van der Waals surface area contributed by atoms with E-state index in [-0.39, 0.29) is 11.3 Å². The highest BCUT2D eigenvalue weighted by Gasteiger charge is 2.26. The molecule has 0 radical (unpaired) electrons. The van der Waals surface area contributed by atoms with Crippen LogP contribution >= 0.6 is 0 Å². The minimum atomic E-state index is -0.368. The summed E-state index contributed by atoms with van der Waals surface area (Å²) in [5.41, 5.74) is 9.99. The molecule has 0 saturated carbocycles. The van der Waals surface area contributed by atoms with Crippen molar-refractivity contribution in [1.29, 1.82) is 0 Å². The van der Waals surface area contributed by atoms with E-state index in [4.69, 9.17) is 5.73 Å². The Morgan fingerprint density at radius 3 is 2.36 bits per heavy atom. The number of carbonyl (C=O) groups is 1. The van der Waals surface area contributed by atoms with Crippen molar-refractivity contribution in [2.45, 2.75) is 53.9 Å². The van der Waals surface area contributed by atoms with Crippen LogP contribution in [0.4, 0.5) is 0 Å². The third kappa shape index (κ3) is 5.18. The van der Waals surface area contributed by atoms with Gasteiger partial charge in [0.15, 0.2) is 0 Å². The zero-order valence-corrected chi connectivity index (χ0v) is 14.6. The van der Waals surface area contributed by atoms with Crippen LogP contribution in [-0.2, 0) is 4.79 Å². The highest BCUT2D eigenvalue weighted by molar-refractivity contribution is 5.92. The number of nitrogens with two attached hydrogens (primary N) is 1. The maximum atomic E-state index is 11.0. The van der Waals surface area contributed by atoms with Crippen LogP contribution < -0.4 is 5.73 Å². The lowest BCUT2D eigenvalue weighted by Crippen LogP contribution is -2.18. The number of primary amides is 1. The fourth-order valence-electron chi connectivity index (χ4n) is 2.81. The summed E-state index contributed by atoms with van der Waals surface area (Å²) < 4.78 is 0. The van der Waals surface area contributed by atoms with Crippen molar-refractivity contribution in [3.63, 3.8) is 0 Å². The van der Waals surface area contributed by atoms with Gasteiger partial charge in [-0.15, -0.1) is 0 Å². The average molecular weight is 299 g/mol. The van der Waals surface area contributed by atoms with E-state index in [1.807, 2.05) is 31.2 Å². The lowest BCUT2D eigenvalue weighted by atomic mass is 9.73. The molecule has 1 aliphatic carbocycles. The minimum Gasteiger partial charge on any atom is -0.366 e. The van der Waals surface area contributed by atoms with Gasteiger partial charge < -0.3 is 5.73 Å². The van der Waals surface area contributed by atoms with Crippen molar-refractivity contribution in [3.8, 4) is 0 Å². The van der Waals surface area contributed by atoms with Crippen LogP contribution in [0.15, 0.2) is 58.7 Å². The predicted octanol–water partition coefficient (Wildman–Crippen LogP) is 5.00. The van der Waals surface area contributed by atoms with E-state index in [1.165, 1.54) is 30.4 Å². The molecule has 0 unspecified atom stereocenters. The number of carbonyl (C=O) groups excluding carboxylic acids is 1. The van der Waals surface area contributed by atoms with Crippen LogP contribution in [0.5, 0.6) is 0 Å². The maximum absolute atomic E-state index is 11.0. The van der Waals surface area contributed by atoms with Crippen LogP contribution in [0.1, 0.15) is 53.9 Å². The summed E-state index contributed by atoms with van der Waals surface area (Å²) >= 11 is 0. The summed E-state index contributed by atoms with van der Waals surface area (Å²) in [4.78, 5) is 11.0. The number of rotatable bonds is 5. The van der Waals surface area contributed by atoms with E-state index >= 15 is 0 Å². The smallest absolute Gasteiger partial charge is 0.244 e. The van der Waals surface area contributed by atoms with E-state index in [0.29, 0.717) is 5.57 Å². The van der Waals surface area contributed by atoms with Gasteiger partial charge in [-0.1, -0.05) is 55.9 Å². The third-order valence-electron chi connectivity index (χ3n) is 4.45. The Kier molecular flexibility index (Phi) is 6.61. The van der Waals surface area contributed by atoms with Crippen molar-refractivity contribution < 1.29 is 4.79 Å². The van der Waals surface area contributed by atoms with Crippen molar-refractivity contribution in [3.05, 3.63) is 58.7 Å². The van der Waals surface area contributed by atoms with Crippen molar-refractivity contribution >= 4 is 5.91 Å². The molecule has 2 heteroatoms. The molecule has 1 aliphatic rings. The summed E-state index contributed by atoms with van der Waals surface area (Å²) in [5, 5.41) is 0. The van der Waals surface area contributed by atoms with Crippen LogP contribution in [0.2, 0.25) is 0 Å². The summed E-state index contributed by atoms with van der Waals surface area (Å²) in [7, 11) is 0. The van der Waals surface area contributed by atoms with Crippen molar-refractivity contribution in [2.75, 3.05) is 0 Å². The largest absolute Gasteiger partial charge is 0.366 e. The molecule has 1 amide bonds. The maximum Gasteiger partial charge on any atom is 0.244 e. The second-order valence-corrected chi connectivity index (χ2v) is 6.71. The lowest BCUT2D eigenvalue weighted by molar-refractivity contribution is -0.114. The first-order chi connectivity index (χ1) is 10.3. The van der Waals surface area contributed by atoms with E-state index in [2.05, 4.69) is 32.9 Å². The molecule has 0 saturated heterocycles. The van der Waals surface area contributed by atoms with Crippen molar-refractivity contribution in [1.82, 2.24) is 0 Å². The number of amides is 1. The van der Waals surface area contributed by atoms with Gasteiger partial charge in [0.25, 0.3) is 0 Å². The van der Waals surface area contributed by atoms with E-state index in [1.54, 1.807) is 6.92 Å². The van der Waals surface area contributed by atoms with E-state index in [9.17, 15) is 4.79 Å². The highest BCUT2D eigenvalue weighted by atomic mass is 16.1. The molecule has 2 nitrogen and oxygen atoms in total. The third-order valence-corrected chi connectivity index (χ3v) is 4.45. The molecule has 0 aliphatic heterocycles. The van der Waals surface area contributed by atoms with Crippen molar-refractivity contribution in [2.24, 2.45) is 11.1 Å². The summed E-state index contributed by atoms with van der Waals surface area (Å²) in [6.07, 6.45) is 15.9. The number of allylic oxidation sites excluding steroid dienone is 9. The van der Waals surface area contributed by atoms with Gasteiger partial charge in [0.2, 0.25) is 5.91 Å². The van der Waals surface area contributed by atoms with Gasteiger partial charge in [-0.05, 0) is 56.6 Å². The first-order valence-corrected chi connectivity index (χ1v) is 7.94. The molecule has 0 atom stereocenters. The first-order valence-electron chi connectivity index (χ1n) is 7.94. The van der Waals surface area contributed by atoms with Crippen LogP contribution in [0, 0.1) is 5.41 Å². The number of hydrogen-bond donors (Lipinski definition) is 1. The topological polar surface area (TPSA) is 43.1 Å². The Bertz CT molecular complexity index is 569. The average Bonchev–Trinajstić information content (AvgIpc) is 2.43. The van der Waals surface area contributed by atoms with Gasteiger partial charge in [0.1, 0.15) is 0 Å². The monoisotopic (exact) mass is 299 g/mol. The summed E-state index contributed by atoms with van der Waals surface area (Å²) in [6, 6.07) is 0. The molecule has 2 N–H and O–H groups in total. The molecule has 0 aromatic carbocycles. The van der Waals surface area contributed by atoms with Crippen LogP contribution in [-0.4, -0.2) is 5.91 Å². The molecule has 22 heavy (non-hydrogen) atoms. The van der Waals surface area contributed by atoms with Gasteiger partial charge in [0, 0.05) is 5.57 Å². The molecule has 0 bridgehead atoms. The van der Waals surface area contributed by atoms with Crippen LogP contribution in [0.3, 0.4) is 0 Å². The van der Waals surface area contributed by atoms with Gasteiger partial charge in [-0.25, -0.2) is 0 Å². The zero-order chi connectivity index (χ0) is 16.8. The first kappa shape index (κ1) is 18.2. The molecule has 120 valence electrons. The van der Waals surface area contributed by atoms with Gasteiger partial charge in [-0.3, -0.25) is 4.79 Å². The Morgan fingerprint density at radius 2 is 1.77 bits per heavy atom. The molecule has 0 heterocycles. The molecule has 0 aromatic heterocycles. The fraction of sp³-hybridized carbons (Fsp3) is 0.450. The van der Waals surface area contributed by atoms with Crippen LogP contribution in [0.25, 0.3) is 0 Å². The summed E-state index contributed by atoms with van der Waals surface area (Å²) in [5.74, 6) is -0.368. The fourth-order valence-corrected chi connectivity index (χ4v) is 2.81. The Labute approximate surface area is 135 Å². The normalized spacial score (nSPS) is 20.2. The van der Waals surface area contributed by atoms with E-state index < -0.39 is 0 Å². The quantitative estimate of drug-likeness (QED) is 0.563. The SMILES string of the molecule is CC(C=CC=CC=CC1=C(C)CCCC1(C)C)=C(C)C(N)=O. The Balaban J connectivity index is 2.70. The van der Waals surface area contributed by atoms with Gasteiger partial charge in [0.05, 0.1) is 0 Å². The predicted molar refractivity (Wildman–Crippen MR) is 95.3 cm³/mol.